The van der Waals surface area contributed by atoms with Crippen molar-refractivity contribution in [2.45, 2.75) is 40.7 Å². The molecular formula is C18H29FN2. The van der Waals surface area contributed by atoms with E-state index >= 15 is 0 Å². The molecule has 0 saturated carbocycles. The van der Waals surface area contributed by atoms with Crippen LogP contribution in [-0.4, -0.2) is 19.6 Å². The first-order valence-electron chi connectivity index (χ1n) is 8.21. The molecule has 118 valence electrons. The number of hydrogen-bond acceptors (Lipinski definition) is 2. The maximum absolute atomic E-state index is 14.4. The summed E-state index contributed by atoms with van der Waals surface area (Å²) in [6.45, 7) is 12.5. The molecule has 2 unspecified atom stereocenters. The molecule has 0 bridgehead atoms. The molecule has 1 aromatic carbocycles. The van der Waals surface area contributed by atoms with Crippen LogP contribution in [0, 0.1) is 23.6 Å². The van der Waals surface area contributed by atoms with E-state index in [0.717, 1.165) is 49.8 Å². The van der Waals surface area contributed by atoms with E-state index in [1.165, 1.54) is 0 Å². The van der Waals surface area contributed by atoms with Crippen LogP contribution in [0.3, 0.4) is 0 Å². The van der Waals surface area contributed by atoms with E-state index < -0.39 is 0 Å². The molecule has 1 saturated heterocycles. The maximum atomic E-state index is 14.4. The smallest absolute Gasteiger partial charge is 0.146 e. The van der Waals surface area contributed by atoms with Crippen LogP contribution in [0.4, 0.5) is 10.1 Å². The molecule has 0 spiro atoms. The first-order chi connectivity index (χ1) is 9.97. The van der Waals surface area contributed by atoms with E-state index in [1.54, 1.807) is 6.07 Å². The lowest BCUT2D eigenvalue weighted by molar-refractivity contribution is 0.322. The van der Waals surface area contributed by atoms with Gasteiger partial charge < -0.3 is 10.2 Å². The number of anilines is 1. The van der Waals surface area contributed by atoms with Crippen molar-refractivity contribution < 1.29 is 4.39 Å². The maximum Gasteiger partial charge on any atom is 0.146 e. The van der Waals surface area contributed by atoms with Gasteiger partial charge >= 0.3 is 0 Å². The Morgan fingerprint density at radius 2 is 2.05 bits per heavy atom. The lowest BCUT2D eigenvalue weighted by Crippen LogP contribution is -2.38. The first kappa shape index (κ1) is 16.3. The molecule has 1 aromatic rings. The van der Waals surface area contributed by atoms with Gasteiger partial charge in [-0.25, -0.2) is 4.39 Å². The molecule has 0 aromatic heterocycles. The van der Waals surface area contributed by atoms with E-state index in [2.05, 4.69) is 44.0 Å². The molecule has 2 rings (SSSR count). The summed E-state index contributed by atoms with van der Waals surface area (Å²) in [7, 11) is 0. The van der Waals surface area contributed by atoms with Gasteiger partial charge in [-0.15, -0.1) is 0 Å². The Bertz CT molecular complexity index is 459. The van der Waals surface area contributed by atoms with Crippen molar-refractivity contribution in [2.24, 2.45) is 17.8 Å². The normalized spacial score (nSPS) is 22.9. The highest BCUT2D eigenvalue weighted by atomic mass is 19.1. The van der Waals surface area contributed by atoms with Crippen molar-refractivity contribution in [1.29, 1.82) is 0 Å². The molecule has 2 nitrogen and oxygen atoms in total. The SMILES string of the molecule is CC(C)CNCc1ccc(N2CCC(C)C(C)C2)c(F)c1. The highest BCUT2D eigenvalue weighted by Crippen LogP contribution is 2.29. The molecule has 3 heteroatoms. The highest BCUT2D eigenvalue weighted by Gasteiger charge is 2.24. The Morgan fingerprint density at radius 1 is 1.29 bits per heavy atom. The van der Waals surface area contributed by atoms with Crippen LogP contribution in [0.25, 0.3) is 0 Å². The number of hydrogen-bond donors (Lipinski definition) is 1. The Balaban J connectivity index is 1.99. The van der Waals surface area contributed by atoms with Gasteiger partial charge in [0.1, 0.15) is 5.82 Å². The van der Waals surface area contributed by atoms with Crippen molar-refractivity contribution in [2.75, 3.05) is 24.5 Å². The summed E-state index contributed by atoms with van der Waals surface area (Å²) in [4.78, 5) is 2.20. The quantitative estimate of drug-likeness (QED) is 0.880. The van der Waals surface area contributed by atoms with E-state index in [9.17, 15) is 4.39 Å². The van der Waals surface area contributed by atoms with Crippen LogP contribution < -0.4 is 10.2 Å². The molecule has 0 radical (unpaired) electrons. The largest absolute Gasteiger partial charge is 0.369 e. The number of nitrogens with zero attached hydrogens (tertiary/aromatic N) is 1. The fourth-order valence-corrected chi connectivity index (χ4v) is 2.90. The summed E-state index contributed by atoms with van der Waals surface area (Å²) < 4.78 is 14.4. The van der Waals surface area contributed by atoms with Crippen LogP contribution in [0.2, 0.25) is 0 Å². The van der Waals surface area contributed by atoms with Gasteiger partial charge in [0.15, 0.2) is 0 Å². The lowest BCUT2D eigenvalue weighted by atomic mass is 9.88. The molecule has 1 aliphatic rings. The second-order valence-corrected chi connectivity index (χ2v) is 7.00. The van der Waals surface area contributed by atoms with E-state index in [1.807, 2.05) is 6.07 Å². The van der Waals surface area contributed by atoms with Crippen molar-refractivity contribution >= 4 is 5.69 Å². The minimum absolute atomic E-state index is 0.0828. The predicted octanol–water partition coefficient (Wildman–Crippen LogP) is 4.05. The third-order valence-electron chi connectivity index (χ3n) is 4.57. The second-order valence-electron chi connectivity index (χ2n) is 7.00. The zero-order valence-corrected chi connectivity index (χ0v) is 13.8. The number of benzene rings is 1. The second kappa shape index (κ2) is 7.26. The van der Waals surface area contributed by atoms with Crippen molar-refractivity contribution in [1.82, 2.24) is 5.32 Å². The third kappa shape index (κ3) is 4.44. The van der Waals surface area contributed by atoms with Crippen LogP contribution in [0.5, 0.6) is 0 Å². The Morgan fingerprint density at radius 3 is 2.67 bits per heavy atom. The average molecular weight is 292 g/mol. The highest BCUT2D eigenvalue weighted by molar-refractivity contribution is 5.49. The van der Waals surface area contributed by atoms with Gasteiger partial charge in [-0.2, -0.15) is 0 Å². The molecule has 2 atom stereocenters. The zero-order valence-electron chi connectivity index (χ0n) is 13.8. The summed E-state index contributed by atoms with van der Waals surface area (Å²) in [5, 5.41) is 3.36. The average Bonchev–Trinajstić information content (AvgIpc) is 2.42. The first-order valence-corrected chi connectivity index (χ1v) is 8.21. The number of halogens is 1. The van der Waals surface area contributed by atoms with E-state index in [-0.39, 0.29) is 5.82 Å². The van der Waals surface area contributed by atoms with Gasteiger partial charge in [0.05, 0.1) is 5.69 Å². The molecular weight excluding hydrogens is 263 g/mol. The summed E-state index contributed by atoms with van der Waals surface area (Å²) in [6.07, 6.45) is 1.15. The monoisotopic (exact) mass is 292 g/mol. The fraction of sp³-hybridized carbons (Fsp3) is 0.667. The van der Waals surface area contributed by atoms with E-state index in [4.69, 9.17) is 0 Å². The topological polar surface area (TPSA) is 15.3 Å². The molecule has 21 heavy (non-hydrogen) atoms. The van der Waals surface area contributed by atoms with Gasteiger partial charge in [-0.1, -0.05) is 33.8 Å². The van der Waals surface area contributed by atoms with Gasteiger partial charge in [0, 0.05) is 19.6 Å². The summed E-state index contributed by atoms with van der Waals surface area (Å²) in [6, 6.07) is 5.68. The standard InChI is InChI=1S/C18H29FN2/c1-13(2)10-20-11-16-5-6-18(17(19)9-16)21-8-7-14(3)15(4)12-21/h5-6,9,13-15,20H,7-8,10-12H2,1-4H3. The van der Waals surface area contributed by atoms with Crippen molar-refractivity contribution in [3.8, 4) is 0 Å². The number of piperidine rings is 1. The zero-order chi connectivity index (χ0) is 15.4. The third-order valence-corrected chi connectivity index (χ3v) is 4.57. The minimum atomic E-state index is -0.0828. The fourth-order valence-electron chi connectivity index (χ4n) is 2.90. The molecule has 1 fully saturated rings. The van der Waals surface area contributed by atoms with Crippen molar-refractivity contribution in [3.63, 3.8) is 0 Å². The molecule has 1 heterocycles. The van der Waals surface area contributed by atoms with Crippen LogP contribution in [0.1, 0.15) is 39.7 Å². The van der Waals surface area contributed by atoms with Crippen LogP contribution in [0.15, 0.2) is 18.2 Å². The number of nitrogens with one attached hydrogen (secondary N) is 1. The van der Waals surface area contributed by atoms with Crippen LogP contribution in [-0.2, 0) is 6.54 Å². The summed E-state index contributed by atoms with van der Waals surface area (Å²) >= 11 is 0. The summed E-state index contributed by atoms with van der Waals surface area (Å²) in [5.41, 5.74) is 1.79. The van der Waals surface area contributed by atoms with Gasteiger partial charge in [-0.05, 0) is 48.4 Å². The van der Waals surface area contributed by atoms with Gasteiger partial charge in [-0.3, -0.25) is 0 Å². The predicted molar refractivity (Wildman–Crippen MR) is 88.1 cm³/mol. The summed E-state index contributed by atoms with van der Waals surface area (Å²) in [5.74, 6) is 1.90. The Kier molecular flexibility index (Phi) is 5.63. The molecule has 1 N–H and O–H groups in total. The molecule has 0 amide bonds. The van der Waals surface area contributed by atoms with Gasteiger partial charge in [0.2, 0.25) is 0 Å². The lowest BCUT2D eigenvalue weighted by Gasteiger charge is -2.37. The minimum Gasteiger partial charge on any atom is -0.369 e. The van der Waals surface area contributed by atoms with E-state index in [0.29, 0.717) is 11.8 Å². The Hall–Kier alpha value is -1.09. The molecule has 1 aliphatic heterocycles. The van der Waals surface area contributed by atoms with Gasteiger partial charge in [0.25, 0.3) is 0 Å². The van der Waals surface area contributed by atoms with Crippen LogP contribution >= 0.6 is 0 Å². The molecule has 0 aliphatic carbocycles. The Labute approximate surface area is 128 Å². The van der Waals surface area contributed by atoms with Crippen molar-refractivity contribution in [3.05, 3.63) is 29.6 Å². The number of rotatable bonds is 5.